The summed E-state index contributed by atoms with van der Waals surface area (Å²) in [7, 11) is 0. The van der Waals surface area contributed by atoms with Gasteiger partial charge in [0.1, 0.15) is 0 Å². The quantitative estimate of drug-likeness (QED) is 0.686. The maximum absolute atomic E-state index is 10.1. The highest BCUT2D eigenvalue weighted by atomic mass is 16.3. The van der Waals surface area contributed by atoms with Gasteiger partial charge in [-0.1, -0.05) is 32.1 Å². The van der Waals surface area contributed by atoms with E-state index in [-0.39, 0.29) is 11.6 Å². The van der Waals surface area contributed by atoms with Crippen LogP contribution in [0.3, 0.4) is 0 Å². The predicted octanol–water partition coefficient (Wildman–Crippen LogP) is 1.81. The van der Waals surface area contributed by atoms with Gasteiger partial charge < -0.3 is 10.8 Å². The van der Waals surface area contributed by atoms with Gasteiger partial charge in [-0.15, -0.1) is 0 Å². The average Bonchev–Trinajstić information content (AvgIpc) is 2.03. The van der Waals surface area contributed by atoms with Crippen LogP contribution in [-0.2, 0) is 0 Å². The van der Waals surface area contributed by atoms with E-state index >= 15 is 0 Å². The van der Waals surface area contributed by atoms with Gasteiger partial charge in [0.25, 0.3) is 0 Å². The Morgan fingerprint density at radius 1 is 1.15 bits per heavy atom. The van der Waals surface area contributed by atoms with Crippen LogP contribution in [0.5, 0.6) is 0 Å². The Kier molecular flexibility index (Phi) is 2.61. The summed E-state index contributed by atoms with van der Waals surface area (Å²) in [5, 5.41) is 10.1. The Morgan fingerprint density at radius 3 is 2.31 bits per heavy atom. The van der Waals surface area contributed by atoms with Gasteiger partial charge in [-0.2, -0.15) is 0 Å². The molecule has 2 fully saturated rings. The van der Waals surface area contributed by atoms with Crippen LogP contribution in [0.2, 0.25) is 0 Å². The van der Waals surface area contributed by atoms with Gasteiger partial charge in [-0.25, -0.2) is 0 Å². The second kappa shape index (κ2) is 3.58. The van der Waals surface area contributed by atoms with Crippen molar-refractivity contribution in [2.75, 3.05) is 0 Å². The van der Waals surface area contributed by atoms with Crippen LogP contribution in [-0.4, -0.2) is 16.7 Å². The van der Waals surface area contributed by atoms with Crippen molar-refractivity contribution in [1.29, 1.82) is 0 Å². The first kappa shape index (κ1) is 9.47. The van der Waals surface area contributed by atoms with E-state index in [2.05, 4.69) is 0 Å². The van der Waals surface area contributed by atoms with Crippen molar-refractivity contribution in [3.63, 3.8) is 0 Å². The maximum atomic E-state index is 10.1. The van der Waals surface area contributed by atoms with Gasteiger partial charge in [0, 0.05) is 6.04 Å². The third-order valence-electron chi connectivity index (χ3n) is 3.68. The first-order valence-electron chi connectivity index (χ1n) is 5.66. The minimum absolute atomic E-state index is 0.272. The number of aliphatic hydroxyl groups is 1. The zero-order chi connectivity index (χ0) is 9.31. The number of hydrogen-bond donors (Lipinski definition) is 2. The van der Waals surface area contributed by atoms with E-state index in [0.29, 0.717) is 0 Å². The lowest BCUT2D eigenvalue weighted by atomic mass is 9.69. The lowest BCUT2D eigenvalue weighted by Crippen LogP contribution is -2.52. The lowest BCUT2D eigenvalue weighted by Gasteiger charge is -2.44. The van der Waals surface area contributed by atoms with Crippen LogP contribution in [0, 0.1) is 5.92 Å². The van der Waals surface area contributed by atoms with E-state index in [1.54, 1.807) is 0 Å². The molecule has 3 N–H and O–H groups in total. The van der Waals surface area contributed by atoms with E-state index < -0.39 is 0 Å². The number of rotatable bonds is 2. The van der Waals surface area contributed by atoms with Crippen molar-refractivity contribution in [1.82, 2.24) is 0 Å². The molecule has 2 heteroatoms. The molecular formula is C11H21NO. The number of hydrogen-bond acceptors (Lipinski definition) is 2. The molecule has 0 radical (unpaired) electrons. The van der Waals surface area contributed by atoms with Crippen LogP contribution in [0.15, 0.2) is 0 Å². The second-order valence-corrected chi connectivity index (χ2v) is 5.10. The van der Waals surface area contributed by atoms with Crippen molar-refractivity contribution in [2.24, 2.45) is 11.7 Å². The van der Waals surface area contributed by atoms with Crippen LogP contribution in [0.25, 0.3) is 0 Å². The molecular weight excluding hydrogens is 162 g/mol. The van der Waals surface area contributed by atoms with Crippen LogP contribution < -0.4 is 5.73 Å². The molecule has 2 rings (SSSR count). The van der Waals surface area contributed by atoms with E-state index in [1.807, 2.05) is 0 Å². The monoisotopic (exact) mass is 183 g/mol. The molecule has 13 heavy (non-hydrogen) atoms. The molecule has 0 aliphatic heterocycles. The zero-order valence-corrected chi connectivity index (χ0v) is 8.34. The molecule has 0 atom stereocenters. The molecule has 2 saturated carbocycles. The molecule has 0 amide bonds. The standard InChI is InChI=1S/C11H21NO/c12-10-7-11(13,8-10)6-9-4-2-1-3-5-9/h9-10,13H,1-8,12H2. The fraction of sp³-hybridized carbons (Fsp3) is 1.00. The van der Waals surface area contributed by atoms with Crippen molar-refractivity contribution in [3.05, 3.63) is 0 Å². The van der Waals surface area contributed by atoms with Crippen molar-refractivity contribution in [2.45, 2.75) is 63.0 Å². The van der Waals surface area contributed by atoms with E-state index in [0.717, 1.165) is 25.2 Å². The summed E-state index contributed by atoms with van der Waals surface area (Å²) in [6, 6.07) is 0.272. The minimum Gasteiger partial charge on any atom is -0.390 e. The van der Waals surface area contributed by atoms with Crippen molar-refractivity contribution >= 4 is 0 Å². The van der Waals surface area contributed by atoms with Crippen molar-refractivity contribution in [3.8, 4) is 0 Å². The van der Waals surface area contributed by atoms with Crippen molar-refractivity contribution < 1.29 is 5.11 Å². The second-order valence-electron chi connectivity index (χ2n) is 5.10. The molecule has 0 unspecified atom stereocenters. The first-order chi connectivity index (χ1) is 6.18. The Balaban J connectivity index is 1.76. The summed E-state index contributed by atoms with van der Waals surface area (Å²) in [4.78, 5) is 0. The largest absolute Gasteiger partial charge is 0.390 e. The summed E-state index contributed by atoms with van der Waals surface area (Å²) >= 11 is 0. The van der Waals surface area contributed by atoms with Gasteiger partial charge in [-0.3, -0.25) is 0 Å². The van der Waals surface area contributed by atoms with Crippen LogP contribution in [0.4, 0.5) is 0 Å². The molecule has 0 aromatic heterocycles. The summed E-state index contributed by atoms with van der Waals surface area (Å²) in [6.07, 6.45) is 9.48. The van der Waals surface area contributed by atoms with E-state index in [9.17, 15) is 5.11 Å². The topological polar surface area (TPSA) is 46.2 Å². The number of nitrogens with two attached hydrogens (primary N) is 1. The molecule has 0 aromatic carbocycles. The molecule has 76 valence electrons. The zero-order valence-electron chi connectivity index (χ0n) is 8.34. The molecule has 0 heterocycles. The molecule has 0 bridgehead atoms. The van der Waals surface area contributed by atoms with Gasteiger partial charge in [0.15, 0.2) is 0 Å². The van der Waals surface area contributed by atoms with Gasteiger partial charge in [0.05, 0.1) is 5.60 Å². The Bertz CT molecular complexity index is 169. The Morgan fingerprint density at radius 2 is 1.77 bits per heavy atom. The van der Waals surface area contributed by atoms with Crippen LogP contribution >= 0.6 is 0 Å². The van der Waals surface area contributed by atoms with E-state index in [4.69, 9.17) is 5.73 Å². The maximum Gasteiger partial charge on any atom is 0.0680 e. The van der Waals surface area contributed by atoms with E-state index in [1.165, 1.54) is 32.1 Å². The Labute approximate surface area is 80.5 Å². The summed E-state index contributed by atoms with van der Waals surface area (Å²) in [6.45, 7) is 0. The molecule has 0 spiro atoms. The van der Waals surface area contributed by atoms with Gasteiger partial charge >= 0.3 is 0 Å². The van der Waals surface area contributed by atoms with Gasteiger partial charge in [-0.05, 0) is 25.2 Å². The average molecular weight is 183 g/mol. The lowest BCUT2D eigenvalue weighted by molar-refractivity contribution is -0.0676. The molecule has 0 saturated heterocycles. The highest BCUT2D eigenvalue weighted by Gasteiger charge is 2.41. The highest BCUT2D eigenvalue weighted by Crippen LogP contribution is 2.40. The van der Waals surface area contributed by atoms with Gasteiger partial charge in [0.2, 0.25) is 0 Å². The Hall–Kier alpha value is -0.0800. The summed E-state index contributed by atoms with van der Waals surface area (Å²) in [5.74, 6) is 0.784. The molecule has 2 aliphatic rings. The fourth-order valence-electron chi connectivity index (χ4n) is 3.01. The third kappa shape index (κ3) is 2.23. The smallest absolute Gasteiger partial charge is 0.0680 e. The fourth-order valence-corrected chi connectivity index (χ4v) is 3.01. The molecule has 2 nitrogen and oxygen atoms in total. The minimum atomic E-state index is -0.374. The normalized spacial score (nSPS) is 41.5. The summed E-state index contributed by atoms with van der Waals surface area (Å²) < 4.78 is 0. The predicted molar refractivity (Wildman–Crippen MR) is 53.4 cm³/mol. The molecule has 0 aromatic rings. The SMILES string of the molecule is NC1CC(O)(CC2CCCCC2)C1. The first-order valence-corrected chi connectivity index (χ1v) is 5.66. The van der Waals surface area contributed by atoms with Crippen LogP contribution in [0.1, 0.15) is 51.4 Å². The summed E-state index contributed by atoms with van der Waals surface area (Å²) in [5.41, 5.74) is 5.33. The third-order valence-corrected chi connectivity index (χ3v) is 3.68. The molecule has 2 aliphatic carbocycles. The highest BCUT2D eigenvalue weighted by molar-refractivity contribution is 4.97.